The van der Waals surface area contributed by atoms with Gasteiger partial charge >= 0.3 is 10.2 Å². The van der Waals surface area contributed by atoms with Crippen LogP contribution in [-0.4, -0.2) is 60.4 Å². The highest BCUT2D eigenvalue weighted by Crippen LogP contribution is 2.35. The maximum absolute atomic E-state index is 15.0. The SMILES string of the molecule is CN(c1ccc(-n2cnc3ccc(Oc4c(F)ccc(NS(=O)(=O)N5CC[C@@H](F)C5)c4C#N)cc3c2=O)cc1)C1CCC(=O)CC1. The van der Waals surface area contributed by atoms with Gasteiger partial charge in [0, 0.05) is 44.7 Å². The van der Waals surface area contributed by atoms with Crippen molar-refractivity contribution in [1.82, 2.24) is 13.9 Å². The van der Waals surface area contributed by atoms with Crippen LogP contribution in [0.4, 0.5) is 20.2 Å². The highest BCUT2D eigenvalue weighted by atomic mass is 32.2. The van der Waals surface area contributed by atoms with Crippen LogP contribution < -0.4 is 19.9 Å². The number of hydrogen-bond donors (Lipinski definition) is 1. The number of benzene rings is 3. The van der Waals surface area contributed by atoms with Gasteiger partial charge in [0.05, 0.1) is 22.3 Å². The second kappa shape index (κ2) is 12.5. The van der Waals surface area contributed by atoms with Crippen LogP contribution in [0.3, 0.4) is 0 Å². The Morgan fingerprint density at radius 1 is 1.07 bits per heavy atom. The lowest BCUT2D eigenvalue weighted by Gasteiger charge is -2.32. The van der Waals surface area contributed by atoms with Crippen molar-refractivity contribution in [2.24, 2.45) is 0 Å². The Balaban J connectivity index is 1.27. The molecule has 0 amide bonds. The molecule has 0 unspecified atom stereocenters. The number of carbonyl (C=O) groups excluding carboxylic acids is 1. The Bertz CT molecular complexity index is 2020. The summed E-state index contributed by atoms with van der Waals surface area (Å²) in [6, 6.07) is 15.8. The summed E-state index contributed by atoms with van der Waals surface area (Å²) in [5.41, 5.74) is 0.798. The Labute approximate surface area is 263 Å². The third kappa shape index (κ3) is 6.16. The minimum atomic E-state index is -4.22. The lowest BCUT2D eigenvalue weighted by Crippen LogP contribution is -2.35. The largest absolute Gasteiger partial charge is 0.453 e. The molecule has 238 valence electrons. The number of ketones is 1. The summed E-state index contributed by atoms with van der Waals surface area (Å²) in [4.78, 5) is 31.7. The number of fused-ring (bicyclic) bond motifs is 1. The topological polar surface area (TPSA) is 138 Å². The molecule has 1 saturated carbocycles. The monoisotopic (exact) mass is 648 g/mol. The van der Waals surface area contributed by atoms with E-state index < -0.39 is 39.1 Å². The lowest BCUT2D eigenvalue weighted by molar-refractivity contribution is -0.120. The van der Waals surface area contributed by atoms with E-state index in [0.717, 1.165) is 35.0 Å². The zero-order valence-corrected chi connectivity index (χ0v) is 25.6. The molecular formula is C32H30F2N6O5S. The van der Waals surface area contributed by atoms with Crippen LogP contribution in [0.1, 0.15) is 37.7 Å². The van der Waals surface area contributed by atoms with Crippen LogP contribution in [0.15, 0.2) is 65.7 Å². The van der Waals surface area contributed by atoms with E-state index in [0.29, 0.717) is 29.8 Å². The molecule has 2 fully saturated rings. The molecular weight excluding hydrogens is 618 g/mol. The van der Waals surface area contributed by atoms with Crippen LogP contribution in [0.5, 0.6) is 11.5 Å². The maximum Gasteiger partial charge on any atom is 0.301 e. The van der Waals surface area contributed by atoms with Crippen molar-refractivity contribution in [3.8, 4) is 23.3 Å². The minimum absolute atomic E-state index is 0.0160. The van der Waals surface area contributed by atoms with Gasteiger partial charge in [-0.25, -0.2) is 13.8 Å². The number of nitrogens with zero attached hydrogens (tertiary/aromatic N) is 5. The third-order valence-electron chi connectivity index (χ3n) is 8.44. The van der Waals surface area contributed by atoms with Crippen molar-refractivity contribution in [1.29, 1.82) is 5.26 Å². The molecule has 14 heteroatoms. The number of nitrogens with one attached hydrogen (secondary N) is 1. The smallest absolute Gasteiger partial charge is 0.301 e. The first kappa shape index (κ1) is 31.1. The second-order valence-electron chi connectivity index (χ2n) is 11.4. The van der Waals surface area contributed by atoms with Gasteiger partial charge in [0.15, 0.2) is 11.6 Å². The standard InChI is InChI=1S/C32H30F2N6O5S/c1-38(22-6-8-24(41)9-7-22)21-2-4-23(5-3-21)40-19-36-29-12-10-25(16-26(29)32(40)42)45-31-27(17-35)30(13-11-28(31)34)37-46(43,44)39-15-14-20(33)18-39/h2-5,10-13,16,19-20,22,37H,6-9,14-15,18H2,1H3/t20-/m1/s1. The van der Waals surface area contributed by atoms with E-state index >= 15 is 0 Å². The molecule has 3 aromatic carbocycles. The third-order valence-corrected chi connectivity index (χ3v) is 9.93. The van der Waals surface area contributed by atoms with Gasteiger partial charge in [-0.2, -0.15) is 18.0 Å². The van der Waals surface area contributed by atoms with Gasteiger partial charge in [-0.05, 0) is 73.9 Å². The van der Waals surface area contributed by atoms with Crippen molar-refractivity contribution >= 4 is 38.3 Å². The molecule has 1 aliphatic heterocycles. The van der Waals surface area contributed by atoms with E-state index in [9.17, 15) is 32.0 Å². The van der Waals surface area contributed by atoms with Crippen molar-refractivity contribution in [3.63, 3.8) is 0 Å². The first-order chi connectivity index (χ1) is 22.0. The van der Waals surface area contributed by atoms with Crippen molar-refractivity contribution in [2.75, 3.05) is 29.8 Å². The molecule has 6 rings (SSSR count). The first-order valence-corrected chi connectivity index (χ1v) is 16.2. The van der Waals surface area contributed by atoms with Gasteiger partial charge in [-0.3, -0.25) is 18.9 Å². The number of aromatic nitrogens is 2. The van der Waals surface area contributed by atoms with Crippen molar-refractivity contribution < 1.29 is 26.7 Å². The normalized spacial score (nSPS) is 17.6. The van der Waals surface area contributed by atoms with Gasteiger partial charge in [0.1, 0.15) is 35.7 Å². The zero-order chi connectivity index (χ0) is 32.6. The van der Waals surface area contributed by atoms with E-state index in [1.807, 2.05) is 19.2 Å². The molecule has 0 radical (unpaired) electrons. The number of halogens is 2. The summed E-state index contributed by atoms with van der Waals surface area (Å²) in [5, 5.41) is 10.0. The summed E-state index contributed by atoms with van der Waals surface area (Å²) in [6.45, 7) is -0.355. The quantitative estimate of drug-likeness (QED) is 0.287. The maximum atomic E-state index is 15.0. The molecule has 1 N–H and O–H groups in total. The van der Waals surface area contributed by atoms with Crippen LogP contribution in [0.25, 0.3) is 16.6 Å². The molecule has 4 aromatic rings. The van der Waals surface area contributed by atoms with Gasteiger partial charge in [0.25, 0.3) is 5.56 Å². The van der Waals surface area contributed by atoms with E-state index in [1.54, 1.807) is 18.2 Å². The van der Waals surface area contributed by atoms with Crippen LogP contribution >= 0.6 is 0 Å². The molecule has 2 aliphatic rings. The number of carbonyl (C=O) groups is 1. The second-order valence-corrected chi connectivity index (χ2v) is 13.0. The Hall–Kier alpha value is -4.87. The molecule has 1 aliphatic carbocycles. The van der Waals surface area contributed by atoms with E-state index in [-0.39, 0.29) is 42.4 Å². The number of alkyl halides is 1. The van der Waals surface area contributed by atoms with Crippen LogP contribution in [0, 0.1) is 17.1 Å². The molecule has 1 saturated heterocycles. The van der Waals surface area contributed by atoms with E-state index in [1.165, 1.54) is 29.1 Å². The summed E-state index contributed by atoms with van der Waals surface area (Å²) in [5.74, 6) is -1.17. The van der Waals surface area contributed by atoms with Crippen LogP contribution in [-0.2, 0) is 15.0 Å². The van der Waals surface area contributed by atoms with Crippen molar-refractivity contribution in [3.05, 3.63) is 82.7 Å². The fourth-order valence-electron chi connectivity index (χ4n) is 5.80. The molecule has 0 bridgehead atoms. The molecule has 46 heavy (non-hydrogen) atoms. The Morgan fingerprint density at radius 3 is 2.48 bits per heavy atom. The van der Waals surface area contributed by atoms with Crippen LogP contribution in [0.2, 0.25) is 0 Å². The lowest BCUT2D eigenvalue weighted by atomic mass is 9.93. The fourth-order valence-corrected chi connectivity index (χ4v) is 7.08. The number of Topliss-reactive ketones (excluding diaryl/α,β-unsaturated/α-hetero) is 1. The fraction of sp³-hybridized carbons (Fsp3) is 0.312. The summed E-state index contributed by atoms with van der Waals surface area (Å²) in [7, 11) is -2.23. The first-order valence-electron chi connectivity index (χ1n) is 14.7. The molecule has 1 atom stereocenters. The van der Waals surface area contributed by atoms with E-state index in [2.05, 4.69) is 14.6 Å². The van der Waals surface area contributed by atoms with Gasteiger partial charge in [0.2, 0.25) is 0 Å². The van der Waals surface area contributed by atoms with E-state index in [4.69, 9.17) is 4.74 Å². The number of rotatable bonds is 8. The number of ether oxygens (including phenoxy) is 1. The average molecular weight is 649 g/mol. The minimum Gasteiger partial charge on any atom is -0.453 e. The number of nitriles is 1. The molecule has 11 nitrogen and oxygen atoms in total. The highest BCUT2D eigenvalue weighted by Gasteiger charge is 2.32. The molecule has 2 heterocycles. The molecule has 1 aromatic heterocycles. The summed E-state index contributed by atoms with van der Waals surface area (Å²) in [6.07, 6.45) is 2.91. The predicted octanol–water partition coefficient (Wildman–Crippen LogP) is 4.84. The number of hydrogen-bond acceptors (Lipinski definition) is 8. The summed E-state index contributed by atoms with van der Waals surface area (Å²) < 4.78 is 64.4. The average Bonchev–Trinajstić information content (AvgIpc) is 3.50. The van der Waals surface area contributed by atoms with Gasteiger partial charge in [-0.1, -0.05) is 0 Å². The summed E-state index contributed by atoms with van der Waals surface area (Å²) >= 11 is 0. The van der Waals surface area contributed by atoms with Gasteiger partial charge < -0.3 is 9.64 Å². The zero-order valence-electron chi connectivity index (χ0n) is 24.8. The predicted molar refractivity (Wildman–Crippen MR) is 168 cm³/mol. The molecule has 0 spiro atoms. The Kier molecular flexibility index (Phi) is 8.45. The van der Waals surface area contributed by atoms with Gasteiger partial charge in [-0.15, -0.1) is 0 Å². The highest BCUT2D eigenvalue weighted by molar-refractivity contribution is 7.90. The number of anilines is 2. The van der Waals surface area contributed by atoms with Crippen molar-refractivity contribution in [2.45, 2.75) is 44.3 Å². The Morgan fingerprint density at radius 2 is 1.80 bits per heavy atom.